The Kier molecular flexibility index (Phi) is 3.77. The van der Waals surface area contributed by atoms with Crippen LogP contribution < -0.4 is 11.5 Å². The van der Waals surface area contributed by atoms with Gasteiger partial charge < -0.3 is 11.5 Å². The molecule has 0 bridgehead atoms. The average Bonchev–Trinajstić information content (AvgIpc) is 1.61. The van der Waals surface area contributed by atoms with Crippen molar-refractivity contribution in [3.05, 3.63) is 18.0 Å². The molecule has 0 spiro atoms. The summed E-state index contributed by atoms with van der Waals surface area (Å²) in [6.07, 6.45) is 2.98. The fourth-order valence-corrected chi connectivity index (χ4v) is 0.136. The smallest absolute Gasteiger partial charge is 0.0368 e. The van der Waals surface area contributed by atoms with E-state index in [9.17, 15) is 0 Å². The maximum absolute atomic E-state index is 5.02. The normalized spacial score (nSPS) is 6.17. The second-order valence-corrected chi connectivity index (χ2v) is 0.773. The molecule has 0 saturated carbocycles. The molecule has 0 aliphatic heterocycles. The molecule has 0 aromatic rings. The predicted octanol–water partition coefficient (Wildman–Crippen LogP) is -0.427. The molecule has 0 amide bonds. The van der Waals surface area contributed by atoms with Gasteiger partial charge in [-0.2, -0.15) is 0 Å². The summed E-state index contributed by atoms with van der Waals surface area (Å²) >= 11 is 0. The third kappa shape index (κ3) is 3.28. The second-order valence-electron chi connectivity index (χ2n) is 0.773. The highest BCUT2D eigenvalue weighted by molar-refractivity contribution is 4.80. The molecule has 0 rings (SSSR count). The maximum Gasteiger partial charge on any atom is 0.0368 e. The Hall–Kier alpha value is -0.720. The van der Waals surface area contributed by atoms with Crippen molar-refractivity contribution >= 4 is 0 Å². The van der Waals surface area contributed by atoms with Crippen LogP contribution >= 0.6 is 0 Å². The summed E-state index contributed by atoms with van der Waals surface area (Å²) in [5.41, 5.74) is 12.5. The third-order valence-electron chi connectivity index (χ3n) is 0.332. The van der Waals surface area contributed by atoms with Gasteiger partial charge in [0.1, 0.15) is 0 Å². The number of rotatable bonds is 1. The van der Waals surface area contributed by atoms with E-state index in [1.807, 2.05) is 0 Å². The minimum atomic E-state index is 0.508. The first-order valence-corrected chi connectivity index (χ1v) is 1.73. The molecule has 0 atom stereocenters. The predicted molar refractivity (Wildman–Crippen MR) is 25.9 cm³/mol. The van der Waals surface area contributed by atoms with E-state index in [0.717, 1.165) is 0 Å². The van der Waals surface area contributed by atoms with Crippen LogP contribution in [0.5, 0.6) is 0 Å². The van der Waals surface area contributed by atoms with Gasteiger partial charge in [0.05, 0.1) is 0 Å². The molecule has 0 unspecified atom stereocenters. The Bertz CT molecular complexity index is 69.6. The van der Waals surface area contributed by atoms with Gasteiger partial charge in [0, 0.05) is 12.7 Å². The molecule has 0 fully saturated rings. The molecule has 0 heterocycles. The van der Waals surface area contributed by atoms with Crippen molar-refractivity contribution < 1.29 is 0 Å². The number of nitrogens with two attached hydrogens (primary N) is 2. The van der Waals surface area contributed by atoms with Gasteiger partial charge in [-0.1, -0.05) is 0 Å². The van der Waals surface area contributed by atoms with E-state index < -0.39 is 0 Å². The zero-order valence-electron chi connectivity index (χ0n) is 3.52. The Morgan fingerprint density at radius 3 is 2.50 bits per heavy atom. The molecule has 34 valence electrons. The fourth-order valence-electron chi connectivity index (χ4n) is 0.136. The van der Waals surface area contributed by atoms with E-state index in [1.54, 1.807) is 6.08 Å². The van der Waals surface area contributed by atoms with Crippen molar-refractivity contribution in [3.63, 3.8) is 0 Å². The van der Waals surface area contributed by atoms with Crippen molar-refractivity contribution in [2.24, 2.45) is 11.5 Å². The van der Waals surface area contributed by atoms with Gasteiger partial charge in [-0.3, -0.25) is 0 Å². The summed E-state index contributed by atoms with van der Waals surface area (Å²) in [6.45, 7) is 0.508. The number of hydrogen-bond donors (Lipinski definition) is 2. The van der Waals surface area contributed by atoms with Crippen molar-refractivity contribution in [2.75, 3.05) is 6.54 Å². The largest absolute Gasteiger partial charge is 0.398 e. The van der Waals surface area contributed by atoms with E-state index in [2.05, 4.69) is 5.73 Å². The van der Waals surface area contributed by atoms with Crippen LogP contribution in [0.4, 0.5) is 0 Å². The molecule has 2 heteroatoms. The van der Waals surface area contributed by atoms with Crippen LogP contribution in [0.3, 0.4) is 0 Å². The lowest BCUT2D eigenvalue weighted by atomic mass is 10.6. The molecule has 0 aromatic carbocycles. The highest BCUT2D eigenvalue weighted by atomic mass is 14.5. The molecule has 0 radical (unpaired) electrons. The standard InChI is InChI=1S/C4H8N2/c5-3-1-2-4-6/h1,4H,3,5-6H2. The topological polar surface area (TPSA) is 52.0 Å². The Morgan fingerprint density at radius 2 is 2.33 bits per heavy atom. The van der Waals surface area contributed by atoms with Gasteiger partial charge in [-0.25, -0.2) is 0 Å². The summed E-state index contributed by atoms with van der Waals surface area (Å²) in [4.78, 5) is 0. The summed E-state index contributed by atoms with van der Waals surface area (Å²) < 4.78 is 0. The number of hydrogen-bond acceptors (Lipinski definition) is 2. The van der Waals surface area contributed by atoms with Crippen LogP contribution in [0.15, 0.2) is 18.0 Å². The lowest BCUT2D eigenvalue weighted by Crippen LogP contribution is -1.91. The molecular formula is C4H8N2. The van der Waals surface area contributed by atoms with E-state index in [1.165, 1.54) is 6.20 Å². The van der Waals surface area contributed by atoms with E-state index in [-0.39, 0.29) is 0 Å². The Balaban J connectivity index is 3.18. The van der Waals surface area contributed by atoms with Gasteiger partial charge in [-0.15, -0.1) is 5.73 Å². The van der Waals surface area contributed by atoms with Crippen molar-refractivity contribution in [2.45, 2.75) is 0 Å². The van der Waals surface area contributed by atoms with Crippen LogP contribution in [0.25, 0.3) is 0 Å². The summed E-state index contributed by atoms with van der Waals surface area (Å²) in [7, 11) is 0. The second kappa shape index (κ2) is 4.28. The van der Waals surface area contributed by atoms with E-state index >= 15 is 0 Å². The lowest BCUT2D eigenvalue weighted by molar-refractivity contribution is 1.26. The minimum absolute atomic E-state index is 0.508. The van der Waals surface area contributed by atoms with Crippen LogP contribution in [0.1, 0.15) is 0 Å². The van der Waals surface area contributed by atoms with Gasteiger partial charge in [0.25, 0.3) is 0 Å². The third-order valence-corrected chi connectivity index (χ3v) is 0.332. The first-order chi connectivity index (χ1) is 2.91. The molecule has 6 heavy (non-hydrogen) atoms. The summed E-state index contributed by atoms with van der Waals surface area (Å²) in [5.74, 6) is 0. The molecule has 0 saturated heterocycles. The first kappa shape index (κ1) is 5.28. The van der Waals surface area contributed by atoms with Gasteiger partial charge in [-0.05, 0) is 6.08 Å². The van der Waals surface area contributed by atoms with Gasteiger partial charge in [0.2, 0.25) is 0 Å². The minimum Gasteiger partial charge on any atom is -0.398 e. The maximum atomic E-state index is 5.02. The first-order valence-electron chi connectivity index (χ1n) is 1.73. The SMILES string of the molecule is NC=C=CCN. The average molecular weight is 84.1 g/mol. The van der Waals surface area contributed by atoms with Crippen LogP contribution in [-0.2, 0) is 0 Å². The summed E-state index contributed by atoms with van der Waals surface area (Å²) in [5, 5.41) is 0. The summed E-state index contributed by atoms with van der Waals surface area (Å²) in [6, 6.07) is 0. The van der Waals surface area contributed by atoms with Crippen LogP contribution in [0.2, 0.25) is 0 Å². The lowest BCUT2D eigenvalue weighted by Gasteiger charge is -1.64. The van der Waals surface area contributed by atoms with Crippen LogP contribution in [0, 0.1) is 0 Å². The molecule has 0 aromatic heterocycles. The highest BCUT2D eigenvalue weighted by Gasteiger charge is 1.51. The highest BCUT2D eigenvalue weighted by Crippen LogP contribution is 1.51. The quantitative estimate of drug-likeness (QED) is 0.424. The molecular weight excluding hydrogens is 76.1 g/mol. The van der Waals surface area contributed by atoms with Gasteiger partial charge >= 0.3 is 0 Å². The Morgan fingerprint density at radius 1 is 1.67 bits per heavy atom. The zero-order chi connectivity index (χ0) is 4.83. The molecule has 0 aliphatic carbocycles. The van der Waals surface area contributed by atoms with Crippen molar-refractivity contribution in [3.8, 4) is 0 Å². The molecule has 2 nitrogen and oxygen atoms in total. The molecule has 0 aliphatic rings. The van der Waals surface area contributed by atoms with Crippen molar-refractivity contribution in [1.82, 2.24) is 0 Å². The zero-order valence-corrected chi connectivity index (χ0v) is 3.52. The molecule has 4 N–H and O–H groups in total. The fraction of sp³-hybridized carbons (Fsp3) is 0.250. The Labute approximate surface area is 37.1 Å². The van der Waals surface area contributed by atoms with E-state index in [4.69, 9.17) is 11.5 Å². The van der Waals surface area contributed by atoms with Crippen LogP contribution in [-0.4, -0.2) is 6.54 Å². The van der Waals surface area contributed by atoms with E-state index in [0.29, 0.717) is 6.54 Å². The van der Waals surface area contributed by atoms with Gasteiger partial charge in [0.15, 0.2) is 0 Å². The van der Waals surface area contributed by atoms with Crippen molar-refractivity contribution in [1.29, 1.82) is 0 Å². The monoisotopic (exact) mass is 84.1 g/mol.